The van der Waals surface area contributed by atoms with Crippen molar-refractivity contribution in [3.05, 3.63) is 82.0 Å². The van der Waals surface area contributed by atoms with Gasteiger partial charge < -0.3 is 24.0 Å². The minimum Gasteiger partial charge on any atom is -0.501 e. The first-order valence-corrected chi connectivity index (χ1v) is 10.5. The summed E-state index contributed by atoms with van der Waals surface area (Å²) in [6.45, 7) is 3.60. The van der Waals surface area contributed by atoms with Gasteiger partial charge in [-0.25, -0.2) is 4.98 Å². The van der Waals surface area contributed by atoms with E-state index >= 15 is 0 Å². The lowest BCUT2D eigenvalue weighted by Crippen LogP contribution is -2.18. The van der Waals surface area contributed by atoms with Gasteiger partial charge in [-0.15, -0.1) is 0 Å². The Hall–Kier alpha value is -4.26. The molecule has 1 aliphatic heterocycles. The number of benzene rings is 2. The molecule has 0 saturated heterocycles. The predicted molar refractivity (Wildman–Crippen MR) is 125 cm³/mol. The maximum absolute atomic E-state index is 12.3. The number of fused-ring (bicyclic) bond motifs is 1. The Morgan fingerprint density at radius 3 is 2.64 bits per heavy atom. The molecule has 7 heteroatoms. The Labute approximate surface area is 190 Å². The number of aryl methyl sites for hydroxylation is 1. The summed E-state index contributed by atoms with van der Waals surface area (Å²) in [5.74, 6) is 2.01. The van der Waals surface area contributed by atoms with E-state index in [1.165, 1.54) is 6.07 Å². The first-order chi connectivity index (χ1) is 15.9. The molecular formula is C26H22N2O5. The number of nitrogens with zero attached hydrogens (tertiary/aromatic N) is 1. The molecule has 33 heavy (non-hydrogen) atoms. The average Bonchev–Trinajstić information content (AvgIpc) is 3.26. The SMILES string of the molecule is COc1ccc(-c2nc(C3=Cc4ccccc4OC3C)[nH]c2-c2oc(C)cc(=O)c2O)cc1. The maximum Gasteiger partial charge on any atom is 0.227 e. The lowest BCUT2D eigenvalue weighted by atomic mass is 10.0. The Kier molecular flexibility index (Phi) is 5.01. The fourth-order valence-electron chi connectivity index (χ4n) is 3.91. The van der Waals surface area contributed by atoms with Gasteiger partial charge in [0.1, 0.15) is 40.6 Å². The monoisotopic (exact) mass is 442 g/mol. The van der Waals surface area contributed by atoms with Crippen LogP contribution in [0.2, 0.25) is 0 Å². The van der Waals surface area contributed by atoms with Crippen molar-refractivity contribution in [2.24, 2.45) is 0 Å². The number of rotatable bonds is 4. The zero-order valence-corrected chi connectivity index (χ0v) is 18.4. The normalized spacial score (nSPS) is 14.9. The summed E-state index contributed by atoms with van der Waals surface area (Å²) < 4.78 is 17.1. The van der Waals surface area contributed by atoms with Gasteiger partial charge in [0.15, 0.2) is 5.76 Å². The summed E-state index contributed by atoms with van der Waals surface area (Å²) in [4.78, 5) is 20.4. The molecule has 5 rings (SSSR count). The molecule has 1 unspecified atom stereocenters. The van der Waals surface area contributed by atoms with E-state index in [-0.39, 0.29) is 11.9 Å². The standard InChI is InChI=1S/C26H22N2O5/c1-14-12-20(29)24(30)25(32-14)23-22(16-8-10-18(31-3)11-9-16)27-26(28-23)19-13-17-6-4-5-7-21(17)33-15(19)2/h4-13,15,30H,1-3H3,(H,27,28). The lowest BCUT2D eigenvalue weighted by molar-refractivity contribution is 0.274. The summed E-state index contributed by atoms with van der Waals surface area (Å²) >= 11 is 0. The quantitative estimate of drug-likeness (QED) is 0.460. The second-order valence-corrected chi connectivity index (χ2v) is 7.83. The van der Waals surface area contributed by atoms with Crippen LogP contribution in [0, 0.1) is 6.92 Å². The molecule has 0 fully saturated rings. The number of aromatic nitrogens is 2. The Morgan fingerprint density at radius 1 is 1.12 bits per heavy atom. The number of H-pyrrole nitrogens is 1. The lowest BCUT2D eigenvalue weighted by Gasteiger charge is -2.23. The summed E-state index contributed by atoms with van der Waals surface area (Å²) in [5.41, 5.74) is 2.96. The molecule has 0 saturated carbocycles. The van der Waals surface area contributed by atoms with E-state index < -0.39 is 11.2 Å². The van der Waals surface area contributed by atoms with E-state index in [0.29, 0.717) is 28.7 Å². The van der Waals surface area contributed by atoms with Gasteiger partial charge in [0, 0.05) is 22.8 Å². The molecule has 166 valence electrons. The number of hydrogen-bond donors (Lipinski definition) is 2. The smallest absolute Gasteiger partial charge is 0.227 e. The number of methoxy groups -OCH3 is 1. The summed E-state index contributed by atoms with van der Waals surface area (Å²) in [7, 11) is 1.60. The van der Waals surface area contributed by atoms with Crippen LogP contribution in [0.1, 0.15) is 24.1 Å². The number of ether oxygens (including phenoxy) is 2. The van der Waals surface area contributed by atoms with Crippen LogP contribution in [0.5, 0.6) is 17.2 Å². The molecule has 0 bridgehead atoms. The van der Waals surface area contributed by atoms with E-state index in [4.69, 9.17) is 18.9 Å². The third-order valence-corrected chi connectivity index (χ3v) is 5.59. The number of nitrogens with one attached hydrogen (secondary N) is 1. The molecule has 2 aromatic heterocycles. The second-order valence-electron chi connectivity index (χ2n) is 7.83. The summed E-state index contributed by atoms with van der Waals surface area (Å²) in [6.07, 6.45) is 1.76. The molecule has 1 aliphatic rings. The second kappa shape index (κ2) is 8.02. The molecule has 0 radical (unpaired) electrons. The third kappa shape index (κ3) is 3.67. The van der Waals surface area contributed by atoms with Crippen LogP contribution < -0.4 is 14.9 Å². The van der Waals surface area contributed by atoms with E-state index in [1.807, 2.05) is 61.5 Å². The summed E-state index contributed by atoms with van der Waals surface area (Å²) in [6, 6.07) is 16.4. The summed E-state index contributed by atoms with van der Waals surface area (Å²) in [5, 5.41) is 10.5. The molecule has 0 amide bonds. The fraction of sp³-hybridized carbons (Fsp3) is 0.154. The van der Waals surface area contributed by atoms with Gasteiger partial charge in [-0.3, -0.25) is 4.79 Å². The highest BCUT2D eigenvalue weighted by Gasteiger charge is 2.27. The van der Waals surface area contributed by atoms with Crippen molar-refractivity contribution < 1.29 is 19.0 Å². The number of para-hydroxylation sites is 1. The topological polar surface area (TPSA) is 97.6 Å². The highest BCUT2D eigenvalue weighted by Crippen LogP contribution is 2.39. The minimum absolute atomic E-state index is 0.0370. The van der Waals surface area contributed by atoms with Gasteiger partial charge in [-0.2, -0.15) is 0 Å². The number of imidazole rings is 1. The van der Waals surface area contributed by atoms with Gasteiger partial charge >= 0.3 is 0 Å². The van der Waals surface area contributed by atoms with E-state index in [0.717, 1.165) is 22.4 Å². The van der Waals surface area contributed by atoms with Crippen molar-refractivity contribution in [2.75, 3.05) is 7.11 Å². The third-order valence-electron chi connectivity index (χ3n) is 5.59. The zero-order chi connectivity index (χ0) is 23.1. The Morgan fingerprint density at radius 2 is 1.88 bits per heavy atom. The number of hydrogen-bond acceptors (Lipinski definition) is 6. The van der Waals surface area contributed by atoms with Crippen LogP contribution in [0.25, 0.3) is 34.4 Å². The van der Waals surface area contributed by atoms with Crippen LogP contribution in [0.4, 0.5) is 0 Å². The largest absolute Gasteiger partial charge is 0.501 e. The van der Waals surface area contributed by atoms with Gasteiger partial charge in [-0.1, -0.05) is 18.2 Å². The number of aromatic amines is 1. The number of aromatic hydroxyl groups is 1. The molecule has 3 heterocycles. The zero-order valence-electron chi connectivity index (χ0n) is 18.4. The Balaban J connectivity index is 1.72. The van der Waals surface area contributed by atoms with Crippen molar-refractivity contribution >= 4 is 11.6 Å². The molecule has 0 aliphatic carbocycles. The molecular weight excluding hydrogens is 420 g/mol. The average molecular weight is 442 g/mol. The Bertz CT molecular complexity index is 1430. The molecule has 2 N–H and O–H groups in total. The fourth-order valence-corrected chi connectivity index (χ4v) is 3.91. The van der Waals surface area contributed by atoms with Crippen LogP contribution in [0.3, 0.4) is 0 Å². The molecule has 4 aromatic rings. The van der Waals surface area contributed by atoms with E-state index in [2.05, 4.69) is 4.98 Å². The van der Waals surface area contributed by atoms with Crippen molar-refractivity contribution in [1.29, 1.82) is 0 Å². The van der Waals surface area contributed by atoms with E-state index in [1.54, 1.807) is 14.0 Å². The van der Waals surface area contributed by atoms with Crippen molar-refractivity contribution in [3.8, 4) is 40.0 Å². The van der Waals surface area contributed by atoms with Gasteiger partial charge in [0.05, 0.1) is 7.11 Å². The van der Waals surface area contributed by atoms with Gasteiger partial charge in [0.2, 0.25) is 11.2 Å². The van der Waals surface area contributed by atoms with E-state index in [9.17, 15) is 9.90 Å². The predicted octanol–water partition coefficient (Wildman–Crippen LogP) is 5.04. The van der Waals surface area contributed by atoms with Crippen molar-refractivity contribution in [2.45, 2.75) is 20.0 Å². The van der Waals surface area contributed by atoms with Crippen molar-refractivity contribution in [1.82, 2.24) is 9.97 Å². The molecule has 7 nitrogen and oxygen atoms in total. The first kappa shape index (κ1) is 20.6. The first-order valence-electron chi connectivity index (χ1n) is 10.5. The van der Waals surface area contributed by atoms with Gasteiger partial charge in [0.25, 0.3) is 0 Å². The van der Waals surface area contributed by atoms with Crippen LogP contribution in [0.15, 0.2) is 63.8 Å². The maximum atomic E-state index is 12.3. The van der Waals surface area contributed by atoms with Crippen LogP contribution in [-0.2, 0) is 0 Å². The highest BCUT2D eigenvalue weighted by atomic mass is 16.5. The van der Waals surface area contributed by atoms with Crippen LogP contribution >= 0.6 is 0 Å². The minimum atomic E-state index is -0.520. The van der Waals surface area contributed by atoms with Crippen LogP contribution in [-0.4, -0.2) is 28.3 Å². The molecule has 1 atom stereocenters. The highest BCUT2D eigenvalue weighted by molar-refractivity contribution is 5.88. The van der Waals surface area contributed by atoms with Crippen molar-refractivity contribution in [3.63, 3.8) is 0 Å². The molecule has 0 spiro atoms. The van der Waals surface area contributed by atoms with Gasteiger partial charge in [-0.05, 0) is 50.3 Å². The molecule has 2 aromatic carbocycles.